The first-order valence-electron chi connectivity index (χ1n) is 8.54. The maximum atomic E-state index is 13.9. The number of halogens is 1. The fourth-order valence-corrected chi connectivity index (χ4v) is 3.76. The van der Waals surface area contributed by atoms with E-state index in [0.717, 1.165) is 46.4 Å². The van der Waals surface area contributed by atoms with Crippen molar-refractivity contribution in [2.45, 2.75) is 12.1 Å². The van der Waals surface area contributed by atoms with Crippen LogP contribution in [0.2, 0.25) is 0 Å². The first-order chi connectivity index (χ1) is 13.9. The van der Waals surface area contributed by atoms with Crippen molar-refractivity contribution in [2.75, 3.05) is 11.1 Å². The molecule has 0 bridgehead atoms. The van der Waals surface area contributed by atoms with Gasteiger partial charge in [-0.15, -0.1) is 10.2 Å². The molecule has 2 aromatic carbocycles. The number of thioether (sulfide) groups is 1. The van der Waals surface area contributed by atoms with Gasteiger partial charge < -0.3 is 5.32 Å². The van der Waals surface area contributed by atoms with E-state index >= 15 is 0 Å². The van der Waals surface area contributed by atoms with Crippen LogP contribution in [0, 0.1) is 22.9 Å². The smallest absolute Gasteiger partial charge is 0.271 e. The van der Waals surface area contributed by atoms with Crippen molar-refractivity contribution in [1.82, 2.24) is 14.6 Å². The average molecular weight is 411 g/mol. The highest BCUT2D eigenvalue weighted by atomic mass is 32.2. The highest BCUT2D eigenvalue weighted by Gasteiger charge is 2.16. The van der Waals surface area contributed by atoms with Gasteiger partial charge in [-0.2, -0.15) is 0 Å². The van der Waals surface area contributed by atoms with Gasteiger partial charge in [0.1, 0.15) is 5.82 Å². The molecule has 1 N–H and O–H groups in total. The number of nitrogens with one attached hydrogen (secondary N) is 1. The third kappa shape index (κ3) is 3.61. The molecule has 0 aliphatic heterocycles. The standard InChI is InChI=1S/C19H14FN5O3S/c1-11-8-17-22-23-19(24(17)16-5-3-2-4-13(11)16)29-10-18(26)21-15-9-12(25(27)28)6-7-14(15)20/h2-9H,10H2,1H3,(H,21,26). The summed E-state index contributed by atoms with van der Waals surface area (Å²) >= 11 is 1.14. The minimum atomic E-state index is -0.747. The van der Waals surface area contributed by atoms with Crippen LogP contribution in [-0.4, -0.2) is 31.2 Å². The van der Waals surface area contributed by atoms with Gasteiger partial charge in [0.25, 0.3) is 5.69 Å². The van der Waals surface area contributed by atoms with Crippen LogP contribution in [0.3, 0.4) is 0 Å². The molecule has 29 heavy (non-hydrogen) atoms. The van der Waals surface area contributed by atoms with Gasteiger partial charge in [-0.1, -0.05) is 30.0 Å². The number of nitro benzene ring substituents is 1. The van der Waals surface area contributed by atoms with E-state index in [4.69, 9.17) is 0 Å². The third-order valence-corrected chi connectivity index (χ3v) is 5.27. The summed E-state index contributed by atoms with van der Waals surface area (Å²) in [5.74, 6) is -1.32. The van der Waals surface area contributed by atoms with Crippen molar-refractivity contribution >= 4 is 45.6 Å². The maximum Gasteiger partial charge on any atom is 0.271 e. The predicted molar refractivity (Wildman–Crippen MR) is 108 cm³/mol. The number of hydrogen-bond acceptors (Lipinski definition) is 6. The topological polar surface area (TPSA) is 102 Å². The number of carbonyl (C=O) groups is 1. The lowest BCUT2D eigenvalue weighted by Gasteiger charge is -2.08. The molecule has 146 valence electrons. The number of fused-ring (bicyclic) bond motifs is 3. The van der Waals surface area contributed by atoms with Crippen molar-refractivity contribution in [1.29, 1.82) is 0 Å². The molecule has 10 heteroatoms. The second-order valence-electron chi connectivity index (χ2n) is 6.28. The first-order valence-corrected chi connectivity index (χ1v) is 9.52. The Bertz CT molecular complexity index is 1270. The monoisotopic (exact) mass is 411 g/mol. The van der Waals surface area contributed by atoms with Gasteiger partial charge in [0.15, 0.2) is 10.8 Å². The van der Waals surface area contributed by atoms with Crippen LogP contribution in [0.15, 0.2) is 53.7 Å². The van der Waals surface area contributed by atoms with Crippen LogP contribution in [-0.2, 0) is 4.79 Å². The van der Waals surface area contributed by atoms with E-state index in [9.17, 15) is 19.3 Å². The van der Waals surface area contributed by atoms with E-state index in [1.807, 2.05) is 41.7 Å². The van der Waals surface area contributed by atoms with Crippen molar-refractivity contribution in [3.8, 4) is 0 Å². The van der Waals surface area contributed by atoms with E-state index in [-0.39, 0.29) is 17.1 Å². The lowest BCUT2D eigenvalue weighted by atomic mass is 10.1. The Morgan fingerprint density at radius 3 is 2.83 bits per heavy atom. The number of pyridine rings is 1. The lowest BCUT2D eigenvalue weighted by Crippen LogP contribution is -2.15. The molecule has 0 saturated heterocycles. The van der Waals surface area contributed by atoms with Crippen LogP contribution in [0.25, 0.3) is 16.6 Å². The Morgan fingerprint density at radius 1 is 1.24 bits per heavy atom. The largest absolute Gasteiger partial charge is 0.323 e. The molecule has 4 rings (SSSR count). The molecule has 1 amide bonds. The highest BCUT2D eigenvalue weighted by molar-refractivity contribution is 7.99. The Hall–Kier alpha value is -3.53. The molecule has 8 nitrogen and oxygen atoms in total. The Labute approximate surface area is 167 Å². The number of hydrogen-bond donors (Lipinski definition) is 1. The summed E-state index contributed by atoms with van der Waals surface area (Å²) < 4.78 is 15.7. The number of nitrogens with zero attached hydrogens (tertiary/aromatic N) is 4. The molecule has 2 aromatic heterocycles. The zero-order valence-corrected chi connectivity index (χ0v) is 15.9. The molecule has 0 saturated carbocycles. The van der Waals surface area contributed by atoms with Crippen molar-refractivity contribution < 1.29 is 14.1 Å². The van der Waals surface area contributed by atoms with Crippen LogP contribution < -0.4 is 5.32 Å². The molecule has 0 aliphatic rings. The van der Waals surface area contributed by atoms with Gasteiger partial charge in [0, 0.05) is 17.5 Å². The number of benzene rings is 2. The van der Waals surface area contributed by atoms with Crippen LogP contribution in [0.1, 0.15) is 5.56 Å². The van der Waals surface area contributed by atoms with E-state index in [1.54, 1.807) is 0 Å². The first kappa shape index (κ1) is 18.8. The van der Waals surface area contributed by atoms with E-state index in [0.29, 0.717) is 10.8 Å². The minimum Gasteiger partial charge on any atom is -0.323 e. The number of carbonyl (C=O) groups excluding carboxylic acids is 1. The summed E-state index contributed by atoms with van der Waals surface area (Å²) in [7, 11) is 0. The lowest BCUT2D eigenvalue weighted by molar-refractivity contribution is -0.384. The molecule has 0 radical (unpaired) electrons. The Morgan fingerprint density at radius 2 is 2.03 bits per heavy atom. The Kier molecular flexibility index (Phi) is 4.85. The second-order valence-corrected chi connectivity index (χ2v) is 7.22. The van der Waals surface area contributed by atoms with Crippen molar-refractivity contribution in [3.05, 3.63) is 70.0 Å². The number of aryl methyl sites for hydroxylation is 1. The van der Waals surface area contributed by atoms with Crippen LogP contribution in [0.4, 0.5) is 15.8 Å². The highest BCUT2D eigenvalue weighted by Crippen LogP contribution is 2.26. The molecule has 0 fully saturated rings. The normalized spacial score (nSPS) is 11.1. The van der Waals surface area contributed by atoms with E-state index in [2.05, 4.69) is 15.5 Å². The number of non-ortho nitro benzene ring substituents is 1. The second kappa shape index (κ2) is 7.47. The van der Waals surface area contributed by atoms with Crippen LogP contribution >= 0.6 is 11.8 Å². The SMILES string of the molecule is Cc1cc2nnc(SCC(=O)Nc3cc([N+](=O)[O-])ccc3F)n2c2ccccc12. The predicted octanol–water partition coefficient (Wildman–Crippen LogP) is 3.97. The molecule has 0 spiro atoms. The maximum absolute atomic E-state index is 13.9. The fourth-order valence-electron chi connectivity index (χ4n) is 3.01. The molecular weight excluding hydrogens is 397 g/mol. The van der Waals surface area contributed by atoms with Gasteiger partial charge in [-0.05, 0) is 30.7 Å². The van der Waals surface area contributed by atoms with Crippen molar-refractivity contribution in [2.24, 2.45) is 0 Å². The number of aromatic nitrogens is 3. The number of nitro groups is 1. The fraction of sp³-hybridized carbons (Fsp3) is 0.105. The number of rotatable bonds is 5. The molecule has 0 aliphatic carbocycles. The zero-order valence-electron chi connectivity index (χ0n) is 15.1. The van der Waals surface area contributed by atoms with Gasteiger partial charge in [-0.25, -0.2) is 4.39 Å². The summed E-state index contributed by atoms with van der Waals surface area (Å²) in [4.78, 5) is 22.5. The zero-order chi connectivity index (χ0) is 20.5. The summed E-state index contributed by atoms with van der Waals surface area (Å²) in [5.41, 5.74) is 2.10. The average Bonchev–Trinajstić information content (AvgIpc) is 3.11. The molecule has 4 aromatic rings. The molecule has 0 unspecified atom stereocenters. The number of anilines is 1. The minimum absolute atomic E-state index is 0.0644. The molecule has 2 heterocycles. The van der Waals surface area contributed by atoms with Gasteiger partial charge in [0.05, 0.1) is 21.9 Å². The van der Waals surface area contributed by atoms with Gasteiger partial charge in [-0.3, -0.25) is 19.3 Å². The van der Waals surface area contributed by atoms with E-state index < -0.39 is 16.6 Å². The van der Waals surface area contributed by atoms with Crippen LogP contribution in [0.5, 0.6) is 0 Å². The summed E-state index contributed by atoms with van der Waals surface area (Å²) in [6.07, 6.45) is 0. The van der Waals surface area contributed by atoms with Gasteiger partial charge in [0.2, 0.25) is 5.91 Å². The Balaban J connectivity index is 1.56. The molecular formula is C19H14FN5O3S. The number of amides is 1. The summed E-state index contributed by atoms with van der Waals surface area (Å²) in [5, 5.41) is 23.1. The molecule has 0 atom stereocenters. The summed E-state index contributed by atoms with van der Waals surface area (Å²) in [6, 6.07) is 12.7. The third-order valence-electron chi connectivity index (χ3n) is 4.34. The quantitative estimate of drug-likeness (QED) is 0.303. The summed E-state index contributed by atoms with van der Waals surface area (Å²) in [6.45, 7) is 1.99. The van der Waals surface area contributed by atoms with Gasteiger partial charge >= 0.3 is 0 Å². The number of para-hydroxylation sites is 1. The van der Waals surface area contributed by atoms with Crippen molar-refractivity contribution in [3.63, 3.8) is 0 Å². The van der Waals surface area contributed by atoms with E-state index in [1.165, 1.54) is 0 Å².